The highest BCUT2D eigenvalue weighted by Crippen LogP contribution is 2.28. The van der Waals surface area contributed by atoms with Crippen LogP contribution in [0.2, 0.25) is 0 Å². The number of cyclic esters (lactones) is 2. The van der Waals surface area contributed by atoms with Crippen molar-refractivity contribution in [2.45, 2.75) is 36.9 Å². The highest BCUT2D eigenvalue weighted by atomic mass is 32.2. The quantitative estimate of drug-likeness (QED) is 0.495. The Morgan fingerprint density at radius 3 is 2.34 bits per heavy atom. The summed E-state index contributed by atoms with van der Waals surface area (Å²) in [5.74, 6) is -2.05. The van der Waals surface area contributed by atoms with E-state index < -0.39 is 58.9 Å². The largest absolute Gasteiger partial charge is 0.467 e. The van der Waals surface area contributed by atoms with E-state index in [2.05, 4.69) is 4.74 Å². The van der Waals surface area contributed by atoms with Crippen molar-refractivity contribution in [3.8, 4) is 0 Å². The lowest BCUT2D eigenvalue weighted by molar-refractivity contribution is -0.151. The normalized spacial score (nSPS) is 24.3. The summed E-state index contributed by atoms with van der Waals surface area (Å²) in [5, 5.41) is 0. The van der Waals surface area contributed by atoms with Crippen LogP contribution < -0.4 is 0 Å². The smallest absolute Gasteiger partial charge is 0.424 e. The lowest BCUT2D eigenvalue weighted by Gasteiger charge is -2.25. The van der Waals surface area contributed by atoms with Crippen molar-refractivity contribution in [3.63, 3.8) is 0 Å². The predicted octanol–water partition coefficient (Wildman–Crippen LogP) is 0.413. The molecule has 2 fully saturated rings. The van der Waals surface area contributed by atoms with Crippen LogP contribution in [0.25, 0.3) is 0 Å². The zero-order valence-corrected chi connectivity index (χ0v) is 16.5. The fourth-order valence-electron chi connectivity index (χ4n) is 3.08. The van der Waals surface area contributed by atoms with Crippen molar-refractivity contribution in [1.29, 1.82) is 0 Å². The van der Waals surface area contributed by atoms with Crippen molar-refractivity contribution in [2.75, 3.05) is 13.7 Å². The molecule has 1 aromatic carbocycles. The van der Waals surface area contributed by atoms with Crippen LogP contribution in [0, 0.1) is 6.92 Å². The molecule has 3 rings (SSSR count). The third kappa shape index (κ3) is 3.39. The number of imide groups is 1. The van der Waals surface area contributed by atoms with Crippen molar-refractivity contribution in [3.05, 3.63) is 29.8 Å². The molecule has 0 radical (unpaired) electrons. The maximum atomic E-state index is 13.0. The molecule has 156 valence electrons. The molecule has 11 nitrogen and oxygen atoms in total. The number of aryl methyl sites for hydroxylation is 1. The van der Waals surface area contributed by atoms with Gasteiger partial charge in [-0.1, -0.05) is 17.7 Å². The zero-order valence-electron chi connectivity index (χ0n) is 15.7. The lowest BCUT2D eigenvalue weighted by atomic mass is 10.1. The molecule has 2 saturated heterocycles. The molecule has 12 heteroatoms. The topological polar surface area (TPSA) is 137 Å². The Hall–Kier alpha value is -3.15. The van der Waals surface area contributed by atoms with E-state index in [1.165, 1.54) is 31.2 Å². The van der Waals surface area contributed by atoms with Gasteiger partial charge in [0.15, 0.2) is 12.1 Å². The summed E-state index contributed by atoms with van der Waals surface area (Å²) in [4.78, 5) is 49.5. The van der Waals surface area contributed by atoms with Gasteiger partial charge < -0.3 is 14.2 Å². The second-order valence-electron chi connectivity index (χ2n) is 6.47. The van der Waals surface area contributed by atoms with Gasteiger partial charge in [0.25, 0.3) is 15.9 Å². The summed E-state index contributed by atoms with van der Waals surface area (Å²) in [7, 11) is -3.39. The van der Waals surface area contributed by atoms with Gasteiger partial charge in [-0.25, -0.2) is 27.7 Å². The van der Waals surface area contributed by atoms with E-state index in [4.69, 9.17) is 9.47 Å². The standard InChI is InChI=1S/C17H18N2O9S/c1-9-4-6-11(7-5-9)29(24,25)19-12(8-27-17(19)23)14(20)18-13(15(21)26-3)10(2)28-16(18)22/h4-7,10,12-13H,8H2,1-3H3/t10-,12-,13+/m1/s1. The Bertz CT molecular complexity index is 973. The van der Waals surface area contributed by atoms with Gasteiger partial charge in [0.1, 0.15) is 12.7 Å². The third-order valence-electron chi connectivity index (χ3n) is 4.58. The van der Waals surface area contributed by atoms with Crippen molar-refractivity contribution in [2.24, 2.45) is 0 Å². The van der Waals surface area contributed by atoms with Gasteiger partial charge in [-0.2, -0.15) is 4.31 Å². The van der Waals surface area contributed by atoms with Crippen LogP contribution in [-0.2, 0) is 33.8 Å². The van der Waals surface area contributed by atoms with Crippen LogP contribution in [0.3, 0.4) is 0 Å². The van der Waals surface area contributed by atoms with E-state index in [-0.39, 0.29) is 9.20 Å². The average molecular weight is 426 g/mol. The summed E-state index contributed by atoms with van der Waals surface area (Å²) in [6.07, 6.45) is -3.43. The fraction of sp³-hybridized carbons (Fsp3) is 0.412. The number of nitrogens with zero attached hydrogens (tertiary/aromatic N) is 2. The Kier molecular flexibility index (Phi) is 5.22. The van der Waals surface area contributed by atoms with Crippen LogP contribution >= 0.6 is 0 Å². The molecule has 0 bridgehead atoms. The van der Waals surface area contributed by atoms with Crippen LogP contribution in [-0.4, -0.2) is 73.6 Å². The van der Waals surface area contributed by atoms with Crippen molar-refractivity contribution < 1.29 is 41.8 Å². The molecule has 2 heterocycles. The average Bonchev–Trinajstić information content (AvgIpc) is 3.20. The number of sulfonamides is 1. The Morgan fingerprint density at radius 1 is 1.14 bits per heavy atom. The molecular weight excluding hydrogens is 408 g/mol. The Labute approximate surface area is 166 Å². The summed E-state index contributed by atoms with van der Waals surface area (Å²) in [6, 6.07) is 2.51. The molecule has 29 heavy (non-hydrogen) atoms. The van der Waals surface area contributed by atoms with Gasteiger partial charge >= 0.3 is 18.2 Å². The molecule has 0 aliphatic carbocycles. The number of rotatable bonds is 4. The van der Waals surface area contributed by atoms with Gasteiger partial charge in [0.05, 0.1) is 12.0 Å². The number of carbonyl (C=O) groups is 4. The second-order valence-corrected chi connectivity index (χ2v) is 8.29. The van der Waals surface area contributed by atoms with Crippen molar-refractivity contribution in [1.82, 2.24) is 9.21 Å². The molecule has 0 N–H and O–H groups in total. The van der Waals surface area contributed by atoms with Crippen LogP contribution in [0.15, 0.2) is 29.2 Å². The number of amides is 3. The highest BCUT2D eigenvalue weighted by molar-refractivity contribution is 7.89. The van der Waals surface area contributed by atoms with Gasteiger partial charge in [0, 0.05) is 0 Å². The summed E-state index contributed by atoms with van der Waals surface area (Å²) in [5.41, 5.74) is 0.787. The minimum Gasteiger partial charge on any atom is -0.467 e. The van der Waals surface area contributed by atoms with Crippen LogP contribution in [0.5, 0.6) is 0 Å². The van der Waals surface area contributed by atoms with Crippen molar-refractivity contribution >= 4 is 34.1 Å². The van der Waals surface area contributed by atoms with Gasteiger partial charge in [0.2, 0.25) is 0 Å². The number of esters is 1. The maximum Gasteiger partial charge on any atom is 0.424 e. The maximum absolute atomic E-state index is 13.0. The SMILES string of the molecule is COC(=O)[C@@H]1[C@@H](C)OC(=O)N1C(=O)[C@H]1COC(=O)N1S(=O)(=O)c1ccc(C)cc1. The number of benzene rings is 1. The van der Waals surface area contributed by atoms with E-state index in [0.717, 1.165) is 12.7 Å². The Balaban J connectivity index is 1.97. The third-order valence-corrected chi connectivity index (χ3v) is 6.37. The van der Waals surface area contributed by atoms with E-state index in [1.807, 2.05) is 0 Å². The molecule has 0 spiro atoms. The van der Waals surface area contributed by atoms with Crippen LogP contribution in [0.4, 0.5) is 9.59 Å². The highest BCUT2D eigenvalue weighted by Gasteiger charge is 2.55. The lowest BCUT2D eigenvalue weighted by Crippen LogP contribution is -2.54. The first-order valence-corrected chi connectivity index (χ1v) is 9.93. The molecule has 0 unspecified atom stereocenters. The summed E-state index contributed by atoms with van der Waals surface area (Å²) < 4.78 is 40.4. The summed E-state index contributed by atoms with van der Waals surface area (Å²) in [6.45, 7) is 2.51. The number of carbonyl (C=O) groups excluding carboxylic acids is 4. The zero-order chi connectivity index (χ0) is 21.5. The molecule has 3 atom stereocenters. The second kappa shape index (κ2) is 7.35. The number of methoxy groups -OCH3 is 1. The molecular formula is C17H18N2O9S. The van der Waals surface area contributed by atoms with E-state index in [9.17, 15) is 27.6 Å². The van der Waals surface area contributed by atoms with Gasteiger partial charge in [-0.15, -0.1) is 0 Å². The minimum absolute atomic E-state index is 0.235. The van der Waals surface area contributed by atoms with Gasteiger partial charge in [-0.3, -0.25) is 4.79 Å². The number of hydrogen-bond acceptors (Lipinski definition) is 9. The molecule has 0 aromatic heterocycles. The molecule has 2 aliphatic rings. The van der Waals surface area contributed by atoms with Gasteiger partial charge in [-0.05, 0) is 26.0 Å². The number of hydrogen-bond donors (Lipinski definition) is 0. The Morgan fingerprint density at radius 2 is 1.76 bits per heavy atom. The minimum atomic E-state index is -4.46. The predicted molar refractivity (Wildman–Crippen MR) is 93.9 cm³/mol. The fourth-order valence-corrected chi connectivity index (χ4v) is 4.52. The first-order chi connectivity index (χ1) is 13.6. The monoisotopic (exact) mass is 426 g/mol. The summed E-state index contributed by atoms with van der Waals surface area (Å²) >= 11 is 0. The molecule has 2 aliphatic heterocycles. The molecule has 0 saturated carbocycles. The van der Waals surface area contributed by atoms with E-state index in [1.54, 1.807) is 6.92 Å². The van der Waals surface area contributed by atoms with E-state index in [0.29, 0.717) is 4.90 Å². The molecule has 1 aromatic rings. The first kappa shape index (κ1) is 20.6. The molecule has 3 amide bonds. The van der Waals surface area contributed by atoms with E-state index >= 15 is 0 Å². The van der Waals surface area contributed by atoms with Crippen LogP contribution in [0.1, 0.15) is 12.5 Å². The first-order valence-electron chi connectivity index (χ1n) is 8.49. The number of ether oxygens (including phenoxy) is 3.